The summed E-state index contributed by atoms with van der Waals surface area (Å²) < 4.78 is 5.96. The first-order chi connectivity index (χ1) is 17.6. The number of ketones is 1. The van der Waals surface area contributed by atoms with Crippen LogP contribution in [0.15, 0.2) is 72.8 Å². The first-order valence-corrected chi connectivity index (χ1v) is 13.1. The fraction of sp³-hybridized carbons (Fsp3) is 0.355. The van der Waals surface area contributed by atoms with Gasteiger partial charge in [-0.2, -0.15) is 0 Å². The van der Waals surface area contributed by atoms with Gasteiger partial charge in [0.2, 0.25) is 5.91 Å². The maximum absolute atomic E-state index is 12.5. The van der Waals surface area contributed by atoms with Crippen molar-refractivity contribution in [2.75, 3.05) is 26.2 Å². The number of rotatable bonds is 10. The van der Waals surface area contributed by atoms with E-state index in [0.29, 0.717) is 19.3 Å². The minimum absolute atomic E-state index is 0.0278. The number of nitrogens with one attached hydrogen (secondary N) is 1. The van der Waals surface area contributed by atoms with Gasteiger partial charge in [-0.1, -0.05) is 60.7 Å². The lowest BCUT2D eigenvalue weighted by molar-refractivity contribution is -0.124. The third-order valence-corrected chi connectivity index (χ3v) is 7.24. The summed E-state index contributed by atoms with van der Waals surface area (Å²) in [7, 11) is 0. The zero-order chi connectivity index (χ0) is 24.7. The number of hydrogen-bond donors (Lipinski definition) is 1. The van der Waals surface area contributed by atoms with Crippen LogP contribution >= 0.6 is 0 Å². The van der Waals surface area contributed by atoms with Gasteiger partial charge in [-0.3, -0.25) is 14.5 Å². The molecule has 5 heteroatoms. The molecule has 5 nitrogen and oxygen atoms in total. The average Bonchev–Trinajstić information content (AvgIpc) is 3.58. The highest BCUT2D eigenvalue weighted by molar-refractivity contribution is 5.93. The Hall–Kier alpha value is -3.44. The molecule has 2 fully saturated rings. The van der Waals surface area contributed by atoms with Crippen molar-refractivity contribution in [1.29, 1.82) is 0 Å². The van der Waals surface area contributed by atoms with Gasteiger partial charge in [0.05, 0.1) is 6.04 Å². The van der Waals surface area contributed by atoms with Crippen molar-refractivity contribution in [1.82, 2.24) is 10.2 Å². The SMILES string of the molecule is O=C1CCC(C(=O)Cc2ccc(-c3ccccc3Cc3ccc(OCCN4CCCC4)cc3)cc2)N1. The Labute approximate surface area is 213 Å². The average molecular weight is 483 g/mol. The lowest BCUT2D eigenvalue weighted by atomic mass is 9.93. The summed E-state index contributed by atoms with van der Waals surface area (Å²) in [5.41, 5.74) is 5.82. The van der Waals surface area contributed by atoms with E-state index < -0.39 is 0 Å². The lowest BCUT2D eigenvalue weighted by Gasteiger charge is -2.15. The molecule has 1 amide bonds. The maximum Gasteiger partial charge on any atom is 0.220 e. The number of amides is 1. The molecule has 36 heavy (non-hydrogen) atoms. The molecular weight excluding hydrogens is 448 g/mol. The molecule has 0 spiro atoms. The van der Waals surface area contributed by atoms with Crippen LogP contribution in [0.1, 0.15) is 42.4 Å². The maximum atomic E-state index is 12.5. The highest BCUT2D eigenvalue weighted by Gasteiger charge is 2.26. The first kappa shape index (κ1) is 24.3. The van der Waals surface area contributed by atoms with Crippen LogP contribution in [0.2, 0.25) is 0 Å². The molecule has 5 rings (SSSR count). The monoisotopic (exact) mass is 482 g/mol. The molecule has 0 saturated carbocycles. The van der Waals surface area contributed by atoms with E-state index in [1.165, 1.54) is 42.6 Å². The molecule has 1 atom stereocenters. The highest BCUT2D eigenvalue weighted by Crippen LogP contribution is 2.27. The van der Waals surface area contributed by atoms with Crippen molar-refractivity contribution in [2.45, 2.75) is 44.6 Å². The third kappa shape index (κ3) is 6.21. The smallest absolute Gasteiger partial charge is 0.220 e. The molecule has 0 aliphatic carbocycles. The van der Waals surface area contributed by atoms with Gasteiger partial charge in [-0.05, 0) is 78.7 Å². The van der Waals surface area contributed by atoms with Crippen LogP contribution in [0, 0.1) is 0 Å². The van der Waals surface area contributed by atoms with E-state index in [9.17, 15) is 9.59 Å². The van der Waals surface area contributed by atoms with Crippen molar-refractivity contribution in [3.63, 3.8) is 0 Å². The second-order valence-corrected chi connectivity index (χ2v) is 9.87. The fourth-order valence-electron chi connectivity index (χ4n) is 5.16. The van der Waals surface area contributed by atoms with E-state index in [0.717, 1.165) is 36.4 Å². The van der Waals surface area contributed by atoms with Crippen molar-refractivity contribution < 1.29 is 14.3 Å². The lowest BCUT2D eigenvalue weighted by Crippen LogP contribution is -2.34. The fourth-order valence-corrected chi connectivity index (χ4v) is 5.16. The zero-order valence-electron chi connectivity index (χ0n) is 20.7. The number of Topliss-reactive ketones (excluding diaryl/α,β-unsaturated/α-hetero) is 1. The quantitative estimate of drug-likeness (QED) is 0.451. The summed E-state index contributed by atoms with van der Waals surface area (Å²) in [6, 6.07) is 24.8. The summed E-state index contributed by atoms with van der Waals surface area (Å²) in [6.07, 6.45) is 4.85. The molecule has 2 heterocycles. The Bertz CT molecular complexity index is 1180. The van der Waals surface area contributed by atoms with Crippen molar-refractivity contribution in [3.8, 4) is 16.9 Å². The molecule has 3 aromatic rings. The van der Waals surface area contributed by atoms with Gasteiger partial charge in [0, 0.05) is 19.4 Å². The van der Waals surface area contributed by atoms with Crippen LogP contribution in [0.25, 0.3) is 11.1 Å². The van der Waals surface area contributed by atoms with E-state index in [2.05, 4.69) is 70.9 Å². The second kappa shape index (κ2) is 11.5. The Balaban J connectivity index is 1.19. The molecule has 1 N–H and O–H groups in total. The van der Waals surface area contributed by atoms with Gasteiger partial charge in [-0.25, -0.2) is 0 Å². The summed E-state index contributed by atoms with van der Waals surface area (Å²) in [6.45, 7) is 4.13. The van der Waals surface area contributed by atoms with Gasteiger partial charge in [-0.15, -0.1) is 0 Å². The minimum Gasteiger partial charge on any atom is -0.492 e. The summed E-state index contributed by atoms with van der Waals surface area (Å²) in [4.78, 5) is 26.4. The molecule has 2 aliphatic heterocycles. The minimum atomic E-state index is -0.334. The molecule has 0 radical (unpaired) electrons. The summed E-state index contributed by atoms with van der Waals surface area (Å²) in [5.74, 6) is 0.978. The van der Waals surface area contributed by atoms with E-state index in [1.807, 2.05) is 12.1 Å². The van der Waals surface area contributed by atoms with Crippen LogP contribution in [-0.4, -0.2) is 48.9 Å². The molecule has 0 bridgehead atoms. The Morgan fingerprint density at radius 1 is 0.917 bits per heavy atom. The Morgan fingerprint density at radius 3 is 2.36 bits per heavy atom. The number of likely N-dealkylation sites (tertiary alicyclic amines) is 1. The van der Waals surface area contributed by atoms with Crippen LogP contribution in [0.5, 0.6) is 5.75 Å². The molecule has 186 valence electrons. The number of carbonyl (C=O) groups excluding carboxylic acids is 2. The van der Waals surface area contributed by atoms with E-state index in [1.54, 1.807) is 0 Å². The number of carbonyl (C=O) groups is 2. The molecule has 3 aromatic carbocycles. The van der Waals surface area contributed by atoms with Gasteiger partial charge in [0.1, 0.15) is 12.4 Å². The topological polar surface area (TPSA) is 58.6 Å². The molecular formula is C31H34N2O3. The number of benzene rings is 3. The molecule has 1 unspecified atom stereocenters. The first-order valence-electron chi connectivity index (χ1n) is 13.1. The number of hydrogen-bond acceptors (Lipinski definition) is 4. The normalized spacial score (nSPS) is 17.8. The number of ether oxygens (including phenoxy) is 1. The van der Waals surface area contributed by atoms with Gasteiger partial charge >= 0.3 is 0 Å². The van der Waals surface area contributed by atoms with Gasteiger partial charge in [0.15, 0.2) is 5.78 Å². The van der Waals surface area contributed by atoms with E-state index in [-0.39, 0.29) is 17.7 Å². The van der Waals surface area contributed by atoms with Gasteiger partial charge < -0.3 is 10.1 Å². The predicted octanol–water partition coefficient (Wildman–Crippen LogP) is 4.81. The zero-order valence-corrected chi connectivity index (χ0v) is 20.7. The van der Waals surface area contributed by atoms with Gasteiger partial charge in [0.25, 0.3) is 0 Å². The second-order valence-electron chi connectivity index (χ2n) is 9.87. The molecule has 0 aromatic heterocycles. The Morgan fingerprint density at radius 2 is 1.64 bits per heavy atom. The Kier molecular flexibility index (Phi) is 7.77. The van der Waals surface area contributed by atoms with Crippen LogP contribution < -0.4 is 10.1 Å². The standard InChI is InChI=1S/C31H34N2O3/c34-30(29-15-16-31(35)32-29)22-24-7-11-25(12-8-24)28-6-2-1-5-26(28)21-23-9-13-27(14-10-23)36-20-19-33-17-3-4-18-33/h1-2,5-14,29H,3-4,15-22H2,(H,32,35). The van der Waals surface area contributed by atoms with E-state index >= 15 is 0 Å². The highest BCUT2D eigenvalue weighted by atomic mass is 16.5. The van der Waals surface area contributed by atoms with Crippen molar-refractivity contribution in [2.24, 2.45) is 0 Å². The largest absolute Gasteiger partial charge is 0.492 e. The summed E-state index contributed by atoms with van der Waals surface area (Å²) in [5, 5.41) is 2.77. The van der Waals surface area contributed by atoms with Crippen LogP contribution in [0.3, 0.4) is 0 Å². The predicted molar refractivity (Wildman–Crippen MR) is 142 cm³/mol. The van der Waals surface area contributed by atoms with Crippen molar-refractivity contribution >= 4 is 11.7 Å². The van der Waals surface area contributed by atoms with E-state index in [4.69, 9.17) is 4.74 Å². The van der Waals surface area contributed by atoms with Crippen LogP contribution in [0.4, 0.5) is 0 Å². The molecule has 2 aliphatic rings. The summed E-state index contributed by atoms with van der Waals surface area (Å²) >= 11 is 0. The number of nitrogens with zero attached hydrogens (tertiary/aromatic N) is 1. The van der Waals surface area contributed by atoms with Crippen LogP contribution in [-0.2, 0) is 22.4 Å². The van der Waals surface area contributed by atoms with Crippen molar-refractivity contribution in [3.05, 3.63) is 89.5 Å². The third-order valence-electron chi connectivity index (χ3n) is 7.24. The molecule has 2 saturated heterocycles.